The normalized spacial score (nSPS) is 14.0. The zero-order chi connectivity index (χ0) is 50.5. The second-order valence-corrected chi connectivity index (χ2v) is 25.6. The average molecular weight is 929 g/mol. The van der Waals surface area contributed by atoms with E-state index in [0.29, 0.717) is 6.67 Å². The van der Waals surface area contributed by atoms with Crippen LogP contribution in [0.3, 0.4) is 0 Å². The standard InChI is InChI=1S/C65H76N4O/c1-60(2,3)43-30-31-66-59(36-43)69-55-29-26-44(65(16,17)42-22-19-18-20-23-42)35-52(55)51-28-27-50(38-56(51)69)70-49-25-21-24-47(37-49)67-41-68(48-33-45(61(4,5)6)32-46(34-48)62(7,8)9)58-40-54(64(13,14)15)53(39-57(58)67)63(10,11)12/h18-40H,41H2,1-17H3. The quantitative estimate of drug-likeness (QED) is 0.159. The Hall–Kier alpha value is -6.33. The van der Waals surface area contributed by atoms with E-state index in [1.807, 2.05) is 6.20 Å². The van der Waals surface area contributed by atoms with Gasteiger partial charge in [0.05, 0.1) is 22.4 Å². The summed E-state index contributed by atoms with van der Waals surface area (Å²) in [4.78, 5) is 10.0. The average Bonchev–Trinajstić information content (AvgIpc) is 3.83. The van der Waals surface area contributed by atoms with E-state index < -0.39 is 0 Å². The highest BCUT2D eigenvalue weighted by molar-refractivity contribution is 6.10. The van der Waals surface area contributed by atoms with Gasteiger partial charge in [-0.25, -0.2) is 4.98 Å². The molecule has 362 valence electrons. The van der Waals surface area contributed by atoms with E-state index in [-0.39, 0.29) is 32.5 Å². The second kappa shape index (κ2) is 16.9. The van der Waals surface area contributed by atoms with Gasteiger partial charge in [-0.2, -0.15) is 0 Å². The summed E-state index contributed by atoms with van der Waals surface area (Å²) in [6.45, 7) is 40.1. The molecule has 0 saturated heterocycles. The maximum absolute atomic E-state index is 6.96. The van der Waals surface area contributed by atoms with Gasteiger partial charge in [-0.3, -0.25) is 4.57 Å². The van der Waals surface area contributed by atoms with Crippen LogP contribution in [0, 0.1) is 0 Å². The van der Waals surface area contributed by atoms with Crippen LogP contribution < -0.4 is 14.5 Å². The third kappa shape index (κ3) is 9.13. The van der Waals surface area contributed by atoms with Crippen LogP contribution in [-0.4, -0.2) is 16.2 Å². The lowest BCUT2D eigenvalue weighted by molar-refractivity contribution is 0.483. The van der Waals surface area contributed by atoms with E-state index in [2.05, 4.69) is 266 Å². The molecule has 0 radical (unpaired) electrons. The van der Waals surface area contributed by atoms with E-state index in [1.165, 1.54) is 61.4 Å². The van der Waals surface area contributed by atoms with Gasteiger partial charge in [0.15, 0.2) is 0 Å². The SMILES string of the molecule is CC(C)(C)c1cc(N2CN(c3cccc(Oc4ccc5c6cc(C(C)(C)c7ccccc7)ccc6n(-c6cc(C(C)(C)C)ccn6)c5c4)c3)c3cc(C(C)(C)C)c(C(C)(C)C)cc32)cc(C(C)(C)C)c1. The van der Waals surface area contributed by atoms with Crippen LogP contribution in [0.2, 0.25) is 0 Å². The number of pyridine rings is 1. The van der Waals surface area contributed by atoms with Gasteiger partial charge in [0.25, 0.3) is 0 Å². The number of rotatable bonds is 7. The van der Waals surface area contributed by atoms with E-state index in [9.17, 15) is 0 Å². The molecule has 2 aromatic heterocycles. The van der Waals surface area contributed by atoms with Gasteiger partial charge in [0.1, 0.15) is 24.0 Å². The topological polar surface area (TPSA) is 33.5 Å². The van der Waals surface area contributed by atoms with E-state index >= 15 is 0 Å². The van der Waals surface area contributed by atoms with Crippen molar-refractivity contribution in [1.82, 2.24) is 9.55 Å². The molecule has 0 spiro atoms. The second-order valence-electron chi connectivity index (χ2n) is 25.6. The number of aromatic nitrogens is 2. The molecule has 70 heavy (non-hydrogen) atoms. The van der Waals surface area contributed by atoms with Crippen molar-refractivity contribution in [2.45, 2.75) is 150 Å². The van der Waals surface area contributed by atoms with E-state index in [1.54, 1.807) is 0 Å². The van der Waals surface area contributed by atoms with Gasteiger partial charge in [0, 0.05) is 45.9 Å². The van der Waals surface area contributed by atoms with Crippen molar-refractivity contribution in [3.05, 3.63) is 179 Å². The number of anilines is 4. The van der Waals surface area contributed by atoms with Crippen molar-refractivity contribution in [3.8, 4) is 17.3 Å². The molecule has 3 heterocycles. The van der Waals surface area contributed by atoms with Gasteiger partial charge in [-0.1, -0.05) is 166 Å². The summed E-state index contributed by atoms with van der Waals surface area (Å²) in [6.07, 6.45) is 1.95. The highest BCUT2D eigenvalue weighted by Gasteiger charge is 2.36. The van der Waals surface area contributed by atoms with E-state index in [0.717, 1.165) is 39.4 Å². The Labute approximate surface area is 419 Å². The third-order valence-corrected chi connectivity index (χ3v) is 14.7. The zero-order valence-electron chi connectivity index (χ0n) is 45.2. The molecule has 0 fully saturated rings. The van der Waals surface area contributed by atoms with Crippen molar-refractivity contribution in [1.29, 1.82) is 0 Å². The zero-order valence-corrected chi connectivity index (χ0v) is 45.2. The lowest BCUT2D eigenvalue weighted by atomic mass is 9.74. The predicted octanol–water partition coefficient (Wildman–Crippen LogP) is 18.0. The molecule has 0 unspecified atom stereocenters. The maximum atomic E-state index is 6.96. The first-order chi connectivity index (χ1) is 32.6. The fourth-order valence-corrected chi connectivity index (χ4v) is 10.2. The Morgan fingerprint density at radius 2 is 0.986 bits per heavy atom. The van der Waals surface area contributed by atoms with Crippen molar-refractivity contribution in [2.24, 2.45) is 0 Å². The van der Waals surface area contributed by atoms with Crippen molar-refractivity contribution >= 4 is 44.6 Å². The smallest absolute Gasteiger partial charge is 0.137 e. The van der Waals surface area contributed by atoms with Crippen LogP contribution in [0.4, 0.5) is 22.7 Å². The molecule has 1 aliphatic rings. The first kappa shape index (κ1) is 48.7. The van der Waals surface area contributed by atoms with Crippen LogP contribution in [0.15, 0.2) is 140 Å². The highest BCUT2D eigenvalue weighted by atomic mass is 16.5. The Kier molecular flexibility index (Phi) is 11.8. The summed E-state index contributed by atoms with van der Waals surface area (Å²) >= 11 is 0. The van der Waals surface area contributed by atoms with Gasteiger partial charge >= 0.3 is 0 Å². The van der Waals surface area contributed by atoms with Crippen molar-refractivity contribution < 1.29 is 4.74 Å². The monoisotopic (exact) mass is 929 g/mol. The minimum Gasteiger partial charge on any atom is -0.457 e. The largest absolute Gasteiger partial charge is 0.457 e. The summed E-state index contributed by atoms with van der Waals surface area (Å²) in [7, 11) is 0. The molecular weight excluding hydrogens is 853 g/mol. The number of fused-ring (bicyclic) bond motifs is 4. The minimum atomic E-state index is -0.190. The first-order valence-corrected chi connectivity index (χ1v) is 25.4. The Morgan fingerprint density at radius 3 is 1.57 bits per heavy atom. The molecule has 0 N–H and O–H groups in total. The Morgan fingerprint density at radius 1 is 0.400 bits per heavy atom. The molecule has 0 aliphatic carbocycles. The molecule has 0 saturated carbocycles. The molecule has 8 aromatic rings. The summed E-state index contributed by atoms with van der Waals surface area (Å²) in [6, 6.07) is 49.6. The molecule has 1 aliphatic heterocycles. The van der Waals surface area contributed by atoms with Gasteiger partial charge < -0.3 is 14.5 Å². The number of hydrogen-bond donors (Lipinski definition) is 0. The fraction of sp³-hybridized carbons (Fsp3) is 0.369. The number of nitrogens with zero attached hydrogens (tertiary/aromatic N) is 4. The lowest BCUT2D eigenvalue weighted by Crippen LogP contribution is -2.25. The molecule has 0 bridgehead atoms. The maximum Gasteiger partial charge on any atom is 0.137 e. The number of hydrogen-bond acceptors (Lipinski definition) is 4. The highest BCUT2D eigenvalue weighted by Crippen LogP contribution is 2.51. The van der Waals surface area contributed by atoms with Gasteiger partial charge in [0.2, 0.25) is 0 Å². The first-order valence-electron chi connectivity index (χ1n) is 25.4. The predicted molar refractivity (Wildman–Crippen MR) is 299 cm³/mol. The van der Waals surface area contributed by atoms with Crippen LogP contribution >= 0.6 is 0 Å². The van der Waals surface area contributed by atoms with Crippen LogP contribution in [0.5, 0.6) is 11.5 Å². The van der Waals surface area contributed by atoms with Crippen LogP contribution in [0.1, 0.15) is 157 Å². The van der Waals surface area contributed by atoms with Crippen LogP contribution in [0.25, 0.3) is 27.6 Å². The molecular formula is C65H76N4O. The minimum absolute atomic E-state index is 0.0108. The summed E-state index contributed by atoms with van der Waals surface area (Å²) in [5.41, 5.74) is 15.8. The number of benzene rings is 6. The molecule has 6 aromatic carbocycles. The summed E-state index contributed by atoms with van der Waals surface area (Å²) in [5.74, 6) is 2.45. The molecule has 5 nitrogen and oxygen atoms in total. The van der Waals surface area contributed by atoms with Gasteiger partial charge in [-0.15, -0.1) is 0 Å². The fourth-order valence-electron chi connectivity index (χ4n) is 10.2. The third-order valence-electron chi connectivity index (χ3n) is 14.7. The summed E-state index contributed by atoms with van der Waals surface area (Å²) < 4.78 is 9.28. The Balaban J connectivity index is 1.16. The van der Waals surface area contributed by atoms with Crippen molar-refractivity contribution in [3.63, 3.8) is 0 Å². The van der Waals surface area contributed by atoms with Gasteiger partial charge in [-0.05, 0) is 139 Å². The summed E-state index contributed by atoms with van der Waals surface area (Å²) in [5, 5.41) is 2.35. The molecule has 5 heteroatoms. The van der Waals surface area contributed by atoms with Crippen LogP contribution in [-0.2, 0) is 32.5 Å². The number of ether oxygens (including phenoxy) is 1. The lowest BCUT2D eigenvalue weighted by Gasteiger charge is -2.32. The molecule has 0 atom stereocenters. The van der Waals surface area contributed by atoms with Crippen molar-refractivity contribution in [2.75, 3.05) is 16.5 Å². The molecule has 0 amide bonds. The van der Waals surface area contributed by atoms with E-state index in [4.69, 9.17) is 9.72 Å². The Bertz CT molecular complexity index is 3230. The molecule has 9 rings (SSSR count).